The van der Waals surface area contributed by atoms with Crippen molar-refractivity contribution in [3.8, 4) is 6.07 Å². The van der Waals surface area contributed by atoms with Gasteiger partial charge >= 0.3 is 0 Å². The van der Waals surface area contributed by atoms with Gasteiger partial charge in [0.05, 0.1) is 5.56 Å². The Kier molecular flexibility index (Phi) is 4.57. The molecule has 134 valence electrons. The van der Waals surface area contributed by atoms with Crippen molar-refractivity contribution in [3.63, 3.8) is 0 Å². The van der Waals surface area contributed by atoms with Crippen LogP contribution in [0.15, 0.2) is 24.4 Å². The van der Waals surface area contributed by atoms with Crippen molar-refractivity contribution in [2.75, 3.05) is 54.0 Å². The first-order chi connectivity index (χ1) is 12.7. The van der Waals surface area contributed by atoms with Gasteiger partial charge < -0.3 is 14.7 Å². The predicted octanol–water partition coefficient (Wildman–Crippen LogP) is 1.98. The molecule has 2 fully saturated rings. The Bertz CT molecular complexity index is 798. The lowest BCUT2D eigenvalue weighted by Crippen LogP contribution is -2.47. The van der Waals surface area contributed by atoms with Gasteiger partial charge in [-0.25, -0.2) is 9.97 Å². The van der Waals surface area contributed by atoms with Crippen LogP contribution >= 0.6 is 0 Å². The summed E-state index contributed by atoms with van der Waals surface area (Å²) < 4.78 is 0. The molecule has 7 heteroatoms. The number of pyridine rings is 1. The fourth-order valence-corrected chi connectivity index (χ4v) is 3.56. The molecule has 0 atom stereocenters. The third kappa shape index (κ3) is 3.40. The molecular formula is C19H23N7. The summed E-state index contributed by atoms with van der Waals surface area (Å²) in [6.07, 6.45) is 4.09. The van der Waals surface area contributed by atoms with E-state index in [1.54, 1.807) is 6.20 Å². The summed E-state index contributed by atoms with van der Waals surface area (Å²) in [4.78, 5) is 20.7. The number of nitrogens with zero attached hydrogens (tertiary/aromatic N) is 7. The zero-order valence-corrected chi connectivity index (χ0v) is 15.1. The highest BCUT2D eigenvalue weighted by Gasteiger charge is 2.22. The second kappa shape index (κ2) is 7.16. The molecular weight excluding hydrogens is 326 g/mol. The van der Waals surface area contributed by atoms with Crippen molar-refractivity contribution in [2.45, 2.75) is 19.8 Å². The minimum absolute atomic E-state index is 0.596. The van der Waals surface area contributed by atoms with Gasteiger partial charge in [0, 0.05) is 57.2 Å². The Morgan fingerprint density at radius 3 is 2.19 bits per heavy atom. The maximum Gasteiger partial charge on any atom is 0.227 e. The molecule has 0 bridgehead atoms. The molecule has 0 unspecified atom stereocenters. The van der Waals surface area contributed by atoms with E-state index in [1.165, 1.54) is 12.8 Å². The van der Waals surface area contributed by atoms with Gasteiger partial charge in [-0.2, -0.15) is 10.2 Å². The molecule has 0 spiro atoms. The molecule has 2 aliphatic heterocycles. The molecule has 0 aromatic carbocycles. The zero-order chi connectivity index (χ0) is 17.9. The number of nitriles is 1. The van der Waals surface area contributed by atoms with Crippen LogP contribution in [0.25, 0.3) is 0 Å². The Balaban J connectivity index is 1.45. The summed E-state index contributed by atoms with van der Waals surface area (Å²) in [5, 5.41) is 8.90. The summed E-state index contributed by atoms with van der Waals surface area (Å²) >= 11 is 0. The summed E-state index contributed by atoms with van der Waals surface area (Å²) in [6, 6.07) is 7.94. The summed E-state index contributed by atoms with van der Waals surface area (Å²) in [5.41, 5.74) is 1.62. The summed E-state index contributed by atoms with van der Waals surface area (Å²) in [6.45, 7) is 7.74. The second-order valence-corrected chi connectivity index (χ2v) is 6.85. The predicted molar refractivity (Wildman–Crippen MR) is 102 cm³/mol. The largest absolute Gasteiger partial charge is 0.353 e. The Morgan fingerprint density at radius 1 is 0.885 bits per heavy atom. The van der Waals surface area contributed by atoms with Crippen LogP contribution in [0, 0.1) is 18.3 Å². The maximum atomic E-state index is 8.90. The highest BCUT2D eigenvalue weighted by Crippen LogP contribution is 2.22. The number of rotatable bonds is 3. The van der Waals surface area contributed by atoms with Crippen LogP contribution in [0.1, 0.15) is 24.1 Å². The first kappa shape index (κ1) is 16.6. The number of hydrogen-bond donors (Lipinski definition) is 0. The van der Waals surface area contributed by atoms with Crippen LogP contribution in [0.3, 0.4) is 0 Å². The van der Waals surface area contributed by atoms with E-state index in [4.69, 9.17) is 10.2 Å². The number of anilines is 3. The van der Waals surface area contributed by atoms with Crippen molar-refractivity contribution < 1.29 is 0 Å². The van der Waals surface area contributed by atoms with Crippen molar-refractivity contribution in [1.82, 2.24) is 15.0 Å². The summed E-state index contributed by atoms with van der Waals surface area (Å²) in [7, 11) is 0. The van der Waals surface area contributed by atoms with E-state index < -0.39 is 0 Å². The lowest BCUT2D eigenvalue weighted by Gasteiger charge is -2.36. The van der Waals surface area contributed by atoms with Gasteiger partial charge in [-0.05, 0) is 31.9 Å². The van der Waals surface area contributed by atoms with Crippen molar-refractivity contribution >= 4 is 17.6 Å². The fraction of sp³-hybridized carbons (Fsp3) is 0.474. The Morgan fingerprint density at radius 2 is 1.58 bits per heavy atom. The molecule has 0 N–H and O–H groups in total. The number of aryl methyl sites for hydroxylation is 1. The summed E-state index contributed by atoms with van der Waals surface area (Å²) in [5.74, 6) is 2.82. The van der Waals surface area contributed by atoms with Gasteiger partial charge in [0.15, 0.2) is 0 Å². The quantitative estimate of drug-likeness (QED) is 0.839. The molecule has 2 aromatic rings. The lowest BCUT2D eigenvalue weighted by molar-refractivity contribution is 0.640. The van der Waals surface area contributed by atoms with Gasteiger partial charge in [-0.1, -0.05) is 0 Å². The van der Waals surface area contributed by atoms with Crippen LogP contribution in [-0.2, 0) is 0 Å². The first-order valence-corrected chi connectivity index (χ1v) is 9.19. The number of piperazine rings is 1. The molecule has 2 saturated heterocycles. The third-order valence-electron chi connectivity index (χ3n) is 5.02. The highest BCUT2D eigenvalue weighted by atomic mass is 15.3. The molecule has 26 heavy (non-hydrogen) atoms. The van der Waals surface area contributed by atoms with Crippen LogP contribution in [-0.4, -0.2) is 54.2 Å². The Labute approximate surface area is 153 Å². The van der Waals surface area contributed by atoms with E-state index in [0.717, 1.165) is 62.5 Å². The van der Waals surface area contributed by atoms with Crippen LogP contribution < -0.4 is 14.7 Å². The monoisotopic (exact) mass is 349 g/mol. The Hall–Kier alpha value is -2.88. The molecule has 4 heterocycles. The van der Waals surface area contributed by atoms with Gasteiger partial charge in [0.2, 0.25) is 5.95 Å². The molecule has 4 rings (SSSR count). The third-order valence-corrected chi connectivity index (χ3v) is 5.02. The van der Waals surface area contributed by atoms with Crippen molar-refractivity contribution in [2.24, 2.45) is 0 Å². The van der Waals surface area contributed by atoms with Crippen LogP contribution in [0.4, 0.5) is 17.6 Å². The van der Waals surface area contributed by atoms with E-state index in [2.05, 4.69) is 36.8 Å². The molecule has 0 aliphatic carbocycles. The average Bonchev–Trinajstić information content (AvgIpc) is 3.23. The standard InChI is InChI=1S/C19H23N7/c1-15-12-18(23-19(22-15)26-6-2-3-7-26)25-10-8-24(9-11-25)17-5-4-16(13-20)14-21-17/h4-5,12,14H,2-3,6-11H2,1H3. The minimum Gasteiger partial charge on any atom is -0.353 e. The molecule has 0 amide bonds. The molecule has 2 aromatic heterocycles. The van der Waals surface area contributed by atoms with E-state index in [9.17, 15) is 0 Å². The minimum atomic E-state index is 0.596. The lowest BCUT2D eigenvalue weighted by atomic mass is 10.2. The smallest absolute Gasteiger partial charge is 0.227 e. The second-order valence-electron chi connectivity index (χ2n) is 6.85. The zero-order valence-electron chi connectivity index (χ0n) is 15.1. The molecule has 2 aliphatic rings. The van der Waals surface area contributed by atoms with Gasteiger partial charge in [0.25, 0.3) is 0 Å². The SMILES string of the molecule is Cc1cc(N2CCN(c3ccc(C#N)cn3)CC2)nc(N2CCCC2)n1. The number of hydrogen-bond acceptors (Lipinski definition) is 7. The normalized spacial score (nSPS) is 17.5. The van der Waals surface area contributed by atoms with Crippen LogP contribution in [0.2, 0.25) is 0 Å². The van der Waals surface area contributed by atoms with E-state index >= 15 is 0 Å². The molecule has 0 saturated carbocycles. The topological polar surface area (TPSA) is 72.2 Å². The van der Waals surface area contributed by atoms with Crippen molar-refractivity contribution in [1.29, 1.82) is 5.26 Å². The van der Waals surface area contributed by atoms with Crippen LogP contribution in [0.5, 0.6) is 0 Å². The highest BCUT2D eigenvalue weighted by molar-refractivity contribution is 5.49. The van der Waals surface area contributed by atoms with E-state index in [1.807, 2.05) is 19.1 Å². The van der Waals surface area contributed by atoms with Gasteiger partial charge in [-0.15, -0.1) is 0 Å². The van der Waals surface area contributed by atoms with E-state index in [-0.39, 0.29) is 0 Å². The van der Waals surface area contributed by atoms with Gasteiger partial charge in [-0.3, -0.25) is 0 Å². The maximum absolute atomic E-state index is 8.90. The molecule has 0 radical (unpaired) electrons. The van der Waals surface area contributed by atoms with E-state index in [0.29, 0.717) is 5.56 Å². The number of aromatic nitrogens is 3. The first-order valence-electron chi connectivity index (χ1n) is 9.19. The average molecular weight is 349 g/mol. The fourth-order valence-electron chi connectivity index (χ4n) is 3.56. The van der Waals surface area contributed by atoms with Crippen molar-refractivity contribution in [3.05, 3.63) is 35.7 Å². The molecule has 7 nitrogen and oxygen atoms in total. The van der Waals surface area contributed by atoms with Gasteiger partial charge in [0.1, 0.15) is 17.7 Å².